The van der Waals surface area contributed by atoms with Crippen molar-refractivity contribution in [2.24, 2.45) is 5.92 Å². The first kappa shape index (κ1) is 12.3. The van der Waals surface area contributed by atoms with Gasteiger partial charge in [-0.25, -0.2) is 9.67 Å². The molecule has 0 saturated carbocycles. The molecular weight excluding hydrogens is 228 g/mol. The molecule has 5 nitrogen and oxygen atoms in total. The second-order valence-electron chi connectivity index (χ2n) is 4.15. The van der Waals surface area contributed by atoms with Gasteiger partial charge >= 0.3 is 0 Å². The van der Waals surface area contributed by atoms with Crippen LogP contribution in [-0.4, -0.2) is 20.7 Å². The van der Waals surface area contributed by atoms with E-state index in [1.54, 1.807) is 17.1 Å². The van der Waals surface area contributed by atoms with E-state index < -0.39 is 0 Å². The summed E-state index contributed by atoms with van der Waals surface area (Å²) in [6.45, 7) is 3.89. The lowest BCUT2D eigenvalue weighted by Crippen LogP contribution is -2.19. The summed E-state index contributed by atoms with van der Waals surface area (Å²) in [7, 11) is 0. The highest BCUT2D eigenvalue weighted by Crippen LogP contribution is 2.11. The maximum absolute atomic E-state index is 11.7. The minimum absolute atomic E-state index is 0.00999. The Hall–Kier alpha value is -2.17. The van der Waals surface area contributed by atoms with Crippen molar-refractivity contribution in [2.75, 3.05) is 5.32 Å². The molecule has 0 bridgehead atoms. The van der Waals surface area contributed by atoms with Crippen LogP contribution in [0.1, 0.15) is 20.3 Å². The Labute approximate surface area is 106 Å². The van der Waals surface area contributed by atoms with E-state index >= 15 is 0 Å². The van der Waals surface area contributed by atoms with E-state index in [0.717, 1.165) is 12.2 Å². The SMILES string of the molecule is CC[C@@H](C)C(=O)Nc1ccc(-n2cccn2)nc1. The molecule has 0 aliphatic rings. The van der Waals surface area contributed by atoms with Crippen molar-refractivity contribution < 1.29 is 4.79 Å². The average molecular weight is 244 g/mol. The van der Waals surface area contributed by atoms with Crippen molar-refractivity contribution in [1.29, 1.82) is 0 Å². The molecule has 1 N–H and O–H groups in total. The zero-order valence-corrected chi connectivity index (χ0v) is 10.5. The average Bonchev–Trinajstić information content (AvgIpc) is 2.92. The number of nitrogens with zero attached hydrogens (tertiary/aromatic N) is 3. The molecule has 2 aromatic heterocycles. The summed E-state index contributed by atoms with van der Waals surface area (Å²) in [6.07, 6.45) is 5.97. The molecule has 5 heteroatoms. The molecule has 2 rings (SSSR count). The van der Waals surface area contributed by atoms with Crippen LogP contribution >= 0.6 is 0 Å². The van der Waals surface area contributed by atoms with Crippen molar-refractivity contribution in [3.63, 3.8) is 0 Å². The number of anilines is 1. The molecular formula is C13H16N4O. The van der Waals surface area contributed by atoms with Crippen LogP contribution in [0.3, 0.4) is 0 Å². The Bertz CT molecular complexity index is 504. The maximum atomic E-state index is 11.7. The van der Waals surface area contributed by atoms with E-state index in [-0.39, 0.29) is 11.8 Å². The second kappa shape index (κ2) is 5.44. The fraction of sp³-hybridized carbons (Fsp3) is 0.308. The van der Waals surface area contributed by atoms with Crippen LogP contribution in [0.2, 0.25) is 0 Å². The number of nitrogens with one attached hydrogen (secondary N) is 1. The largest absolute Gasteiger partial charge is 0.324 e. The summed E-state index contributed by atoms with van der Waals surface area (Å²) < 4.78 is 1.67. The minimum Gasteiger partial charge on any atom is -0.324 e. The van der Waals surface area contributed by atoms with E-state index in [2.05, 4.69) is 15.4 Å². The topological polar surface area (TPSA) is 59.8 Å². The lowest BCUT2D eigenvalue weighted by molar-refractivity contribution is -0.119. The van der Waals surface area contributed by atoms with Crippen LogP contribution in [0.25, 0.3) is 5.82 Å². The van der Waals surface area contributed by atoms with E-state index in [1.165, 1.54) is 0 Å². The number of carbonyl (C=O) groups excluding carboxylic acids is 1. The molecule has 0 fully saturated rings. The normalized spacial score (nSPS) is 12.1. The lowest BCUT2D eigenvalue weighted by atomic mass is 10.1. The standard InChI is InChI=1S/C13H16N4O/c1-3-10(2)13(18)16-11-5-6-12(14-9-11)17-8-4-7-15-17/h4-10H,3H2,1-2H3,(H,16,18)/t10-/m1/s1. The number of aromatic nitrogens is 3. The van der Waals surface area contributed by atoms with Gasteiger partial charge in [-0.3, -0.25) is 4.79 Å². The first-order valence-electron chi connectivity index (χ1n) is 5.97. The van der Waals surface area contributed by atoms with Crippen LogP contribution < -0.4 is 5.32 Å². The number of rotatable bonds is 4. The maximum Gasteiger partial charge on any atom is 0.227 e. The Morgan fingerprint density at radius 3 is 2.89 bits per heavy atom. The number of carbonyl (C=O) groups is 1. The summed E-state index contributed by atoms with van der Waals surface area (Å²) in [4.78, 5) is 15.9. The number of hydrogen-bond donors (Lipinski definition) is 1. The highest BCUT2D eigenvalue weighted by molar-refractivity contribution is 5.92. The molecule has 18 heavy (non-hydrogen) atoms. The van der Waals surface area contributed by atoms with Crippen LogP contribution in [0.5, 0.6) is 0 Å². The van der Waals surface area contributed by atoms with Crippen molar-refractivity contribution in [2.45, 2.75) is 20.3 Å². The fourth-order valence-corrected chi connectivity index (χ4v) is 1.45. The molecule has 0 aliphatic carbocycles. The number of pyridine rings is 1. The monoisotopic (exact) mass is 244 g/mol. The van der Waals surface area contributed by atoms with E-state index in [4.69, 9.17) is 0 Å². The van der Waals surface area contributed by atoms with Crippen molar-refractivity contribution in [3.8, 4) is 5.82 Å². The van der Waals surface area contributed by atoms with Crippen molar-refractivity contribution >= 4 is 11.6 Å². The molecule has 0 aliphatic heterocycles. The van der Waals surface area contributed by atoms with Crippen molar-refractivity contribution in [1.82, 2.24) is 14.8 Å². The van der Waals surface area contributed by atoms with Gasteiger partial charge in [-0.05, 0) is 24.6 Å². The molecule has 0 unspecified atom stereocenters. The smallest absolute Gasteiger partial charge is 0.227 e. The summed E-state index contributed by atoms with van der Waals surface area (Å²) in [6, 6.07) is 5.48. The third kappa shape index (κ3) is 2.74. The Balaban J connectivity index is 2.06. The highest BCUT2D eigenvalue weighted by Gasteiger charge is 2.10. The predicted molar refractivity (Wildman–Crippen MR) is 69.4 cm³/mol. The van der Waals surface area contributed by atoms with Gasteiger partial charge in [-0.2, -0.15) is 5.10 Å². The second-order valence-corrected chi connectivity index (χ2v) is 4.15. The zero-order chi connectivity index (χ0) is 13.0. The lowest BCUT2D eigenvalue weighted by Gasteiger charge is -2.09. The summed E-state index contributed by atoms with van der Waals surface area (Å²) in [5.74, 6) is 0.753. The Morgan fingerprint density at radius 1 is 1.50 bits per heavy atom. The Kier molecular flexibility index (Phi) is 3.72. The quantitative estimate of drug-likeness (QED) is 0.897. The molecule has 0 aromatic carbocycles. The third-order valence-corrected chi connectivity index (χ3v) is 2.81. The first-order chi connectivity index (χ1) is 8.70. The molecule has 94 valence electrons. The van der Waals surface area contributed by atoms with E-state index in [0.29, 0.717) is 5.69 Å². The van der Waals surface area contributed by atoms with Crippen LogP contribution in [-0.2, 0) is 4.79 Å². The summed E-state index contributed by atoms with van der Waals surface area (Å²) >= 11 is 0. The predicted octanol–water partition coefficient (Wildman–Crippen LogP) is 2.25. The van der Waals surface area contributed by atoms with Gasteiger partial charge < -0.3 is 5.32 Å². The van der Waals surface area contributed by atoms with Gasteiger partial charge in [0.25, 0.3) is 0 Å². The molecule has 1 atom stereocenters. The first-order valence-corrected chi connectivity index (χ1v) is 5.97. The number of amides is 1. The van der Waals surface area contributed by atoms with Gasteiger partial charge in [0.2, 0.25) is 5.91 Å². The van der Waals surface area contributed by atoms with Gasteiger partial charge in [-0.15, -0.1) is 0 Å². The minimum atomic E-state index is 0.00999. The summed E-state index contributed by atoms with van der Waals surface area (Å²) in [5.41, 5.74) is 0.705. The van der Waals surface area contributed by atoms with Gasteiger partial charge in [0.1, 0.15) is 0 Å². The molecule has 2 aromatic rings. The molecule has 1 amide bonds. The fourth-order valence-electron chi connectivity index (χ4n) is 1.45. The van der Waals surface area contributed by atoms with Crippen molar-refractivity contribution in [3.05, 3.63) is 36.8 Å². The summed E-state index contributed by atoms with van der Waals surface area (Å²) in [5, 5.41) is 6.92. The van der Waals surface area contributed by atoms with Crippen LogP contribution in [0.4, 0.5) is 5.69 Å². The molecule has 0 radical (unpaired) electrons. The zero-order valence-electron chi connectivity index (χ0n) is 10.5. The van der Waals surface area contributed by atoms with Gasteiger partial charge in [0, 0.05) is 18.3 Å². The molecule has 2 heterocycles. The highest BCUT2D eigenvalue weighted by atomic mass is 16.1. The van der Waals surface area contributed by atoms with E-state index in [9.17, 15) is 4.79 Å². The van der Waals surface area contributed by atoms with E-state index in [1.807, 2.05) is 38.2 Å². The van der Waals surface area contributed by atoms with Gasteiger partial charge in [-0.1, -0.05) is 13.8 Å². The van der Waals surface area contributed by atoms with Gasteiger partial charge in [0.15, 0.2) is 5.82 Å². The third-order valence-electron chi connectivity index (χ3n) is 2.81. The molecule has 0 spiro atoms. The van der Waals surface area contributed by atoms with Crippen LogP contribution in [0.15, 0.2) is 36.8 Å². The Morgan fingerprint density at radius 2 is 2.33 bits per heavy atom. The van der Waals surface area contributed by atoms with Crippen LogP contribution in [0, 0.1) is 5.92 Å². The molecule has 0 saturated heterocycles. The van der Waals surface area contributed by atoms with Gasteiger partial charge in [0.05, 0.1) is 11.9 Å². The number of hydrogen-bond acceptors (Lipinski definition) is 3.